The number of ether oxygens (including phenoxy) is 2. The van der Waals surface area contributed by atoms with E-state index < -0.39 is 5.60 Å². The standard InChI is InChI=1S/C17H25NO3/c1-18(2)12-16(17(19)6-8-21-9-7-17)11-13-10-14(20-3)4-5-15(13)16/h4-5,10,19H,6-9,11-12H2,1-3H3. The van der Waals surface area contributed by atoms with Gasteiger partial charge in [0.1, 0.15) is 5.75 Å². The van der Waals surface area contributed by atoms with Crippen molar-refractivity contribution in [3.05, 3.63) is 29.3 Å². The van der Waals surface area contributed by atoms with Crippen LogP contribution in [0, 0.1) is 0 Å². The zero-order valence-corrected chi connectivity index (χ0v) is 13.2. The van der Waals surface area contributed by atoms with Crippen LogP contribution in [-0.2, 0) is 16.6 Å². The maximum absolute atomic E-state index is 11.3. The predicted molar refractivity (Wildman–Crippen MR) is 81.9 cm³/mol. The molecule has 0 saturated carbocycles. The average molecular weight is 291 g/mol. The smallest absolute Gasteiger partial charge is 0.119 e. The highest BCUT2D eigenvalue weighted by molar-refractivity contribution is 5.52. The lowest BCUT2D eigenvalue weighted by Gasteiger charge is -2.56. The van der Waals surface area contributed by atoms with Gasteiger partial charge in [-0.25, -0.2) is 0 Å². The molecule has 1 aliphatic carbocycles. The van der Waals surface area contributed by atoms with E-state index in [9.17, 15) is 5.11 Å². The van der Waals surface area contributed by atoms with Gasteiger partial charge in [0, 0.05) is 38.0 Å². The fourth-order valence-electron chi connectivity index (χ4n) is 4.05. The van der Waals surface area contributed by atoms with Crippen LogP contribution < -0.4 is 4.74 Å². The second-order valence-corrected chi connectivity index (χ2v) is 6.66. The Balaban J connectivity index is 1.99. The van der Waals surface area contributed by atoms with Crippen molar-refractivity contribution in [3.8, 4) is 5.75 Å². The topological polar surface area (TPSA) is 41.9 Å². The molecule has 0 radical (unpaired) electrons. The van der Waals surface area contributed by atoms with Crippen LogP contribution in [0.3, 0.4) is 0 Å². The molecule has 0 aromatic heterocycles. The Hall–Kier alpha value is -1.10. The van der Waals surface area contributed by atoms with E-state index in [0.717, 1.165) is 18.7 Å². The van der Waals surface area contributed by atoms with Gasteiger partial charge in [-0.1, -0.05) is 6.07 Å². The Labute approximate surface area is 126 Å². The van der Waals surface area contributed by atoms with Gasteiger partial charge in [0.05, 0.1) is 12.7 Å². The largest absolute Gasteiger partial charge is 0.497 e. The summed E-state index contributed by atoms with van der Waals surface area (Å²) in [5.41, 5.74) is 1.73. The normalized spacial score (nSPS) is 27.1. The molecule has 1 aromatic rings. The van der Waals surface area contributed by atoms with Gasteiger partial charge in [0.15, 0.2) is 0 Å². The van der Waals surface area contributed by atoms with Gasteiger partial charge in [-0.05, 0) is 43.8 Å². The first kappa shape index (κ1) is 14.8. The summed E-state index contributed by atoms with van der Waals surface area (Å²) in [5, 5.41) is 11.3. The maximum atomic E-state index is 11.3. The first-order chi connectivity index (χ1) is 10.0. The minimum absolute atomic E-state index is 0.179. The average Bonchev–Trinajstić information content (AvgIpc) is 2.44. The molecule has 21 heavy (non-hydrogen) atoms. The molecule has 116 valence electrons. The van der Waals surface area contributed by atoms with E-state index in [2.05, 4.69) is 31.1 Å². The van der Waals surface area contributed by atoms with E-state index in [1.165, 1.54) is 11.1 Å². The summed E-state index contributed by atoms with van der Waals surface area (Å²) < 4.78 is 10.8. The Morgan fingerprint density at radius 1 is 1.29 bits per heavy atom. The van der Waals surface area contributed by atoms with E-state index in [0.29, 0.717) is 26.1 Å². The number of rotatable bonds is 4. The quantitative estimate of drug-likeness (QED) is 0.915. The second-order valence-electron chi connectivity index (χ2n) is 6.66. The number of likely N-dealkylation sites (N-methyl/N-ethyl adjacent to an activating group) is 1. The summed E-state index contributed by atoms with van der Waals surface area (Å²) in [6.07, 6.45) is 2.34. The fraction of sp³-hybridized carbons (Fsp3) is 0.647. The second kappa shape index (κ2) is 5.27. The van der Waals surface area contributed by atoms with E-state index in [1.54, 1.807) is 7.11 Å². The van der Waals surface area contributed by atoms with Crippen LogP contribution in [-0.4, -0.2) is 56.6 Å². The molecule has 4 nitrogen and oxygen atoms in total. The van der Waals surface area contributed by atoms with E-state index in [4.69, 9.17) is 9.47 Å². The molecule has 0 spiro atoms. The van der Waals surface area contributed by atoms with Gasteiger partial charge in [0.25, 0.3) is 0 Å². The number of methoxy groups -OCH3 is 1. The molecule has 1 aromatic carbocycles. The van der Waals surface area contributed by atoms with Crippen LogP contribution in [0.25, 0.3) is 0 Å². The summed E-state index contributed by atoms with van der Waals surface area (Å²) in [4.78, 5) is 2.18. The van der Waals surface area contributed by atoms with Crippen LogP contribution in [0.1, 0.15) is 24.0 Å². The van der Waals surface area contributed by atoms with E-state index >= 15 is 0 Å². The molecular formula is C17H25NO3. The number of hydrogen-bond acceptors (Lipinski definition) is 4. The van der Waals surface area contributed by atoms with E-state index in [1.807, 2.05) is 6.07 Å². The van der Waals surface area contributed by atoms with Crippen molar-refractivity contribution in [2.24, 2.45) is 0 Å². The summed E-state index contributed by atoms with van der Waals surface area (Å²) in [6.45, 7) is 2.16. The molecule has 0 amide bonds. The number of benzene rings is 1. The van der Waals surface area contributed by atoms with Crippen molar-refractivity contribution < 1.29 is 14.6 Å². The van der Waals surface area contributed by atoms with Gasteiger partial charge in [0.2, 0.25) is 0 Å². The monoisotopic (exact) mass is 291 g/mol. The highest BCUT2D eigenvalue weighted by atomic mass is 16.5. The predicted octanol–water partition coefficient (Wildman–Crippen LogP) is 1.59. The SMILES string of the molecule is COc1ccc2c(c1)CC2(CN(C)C)C1(O)CCOCC1. The molecule has 0 bridgehead atoms. The first-order valence-electron chi connectivity index (χ1n) is 7.63. The van der Waals surface area contributed by atoms with Gasteiger partial charge >= 0.3 is 0 Å². The van der Waals surface area contributed by atoms with Crippen LogP contribution in [0.5, 0.6) is 5.75 Å². The molecule has 1 atom stereocenters. The number of nitrogens with zero attached hydrogens (tertiary/aromatic N) is 1. The molecular weight excluding hydrogens is 266 g/mol. The number of aliphatic hydroxyl groups is 1. The van der Waals surface area contributed by atoms with Crippen molar-refractivity contribution in [3.63, 3.8) is 0 Å². The molecule has 1 fully saturated rings. The molecule has 4 heteroatoms. The molecule has 1 heterocycles. The first-order valence-corrected chi connectivity index (χ1v) is 7.63. The zero-order chi connectivity index (χ0) is 15.1. The third-order valence-corrected chi connectivity index (χ3v) is 5.12. The van der Waals surface area contributed by atoms with Crippen LogP contribution >= 0.6 is 0 Å². The molecule has 1 unspecified atom stereocenters. The zero-order valence-electron chi connectivity index (χ0n) is 13.2. The van der Waals surface area contributed by atoms with E-state index in [-0.39, 0.29) is 5.41 Å². The highest BCUT2D eigenvalue weighted by Crippen LogP contribution is 2.53. The molecule has 3 rings (SSSR count). The fourth-order valence-corrected chi connectivity index (χ4v) is 4.05. The minimum atomic E-state index is -0.670. The van der Waals surface area contributed by atoms with Crippen LogP contribution in [0.2, 0.25) is 0 Å². The minimum Gasteiger partial charge on any atom is -0.497 e. The van der Waals surface area contributed by atoms with Crippen molar-refractivity contribution in [2.75, 3.05) is 41.0 Å². The van der Waals surface area contributed by atoms with Crippen molar-refractivity contribution in [1.82, 2.24) is 4.90 Å². The molecule has 1 aliphatic heterocycles. The summed E-state index contributed by atoms with van der Waals surface area (Å²) >= 11 is 0. The van der Waals surface area contributed by atoms with Gasteiger partial charge in [-0.15, -0.1) is 0 Å². The lowest BCUT2D eigenvalue weighted by Crippen LogP contribution is -2.64. The lowest BCUT2D eigenvalue weighted by atomic mass is 9.53. The molecule has 2 aliphatic rings. The Bertz CT molecular complexity index is 523. The van der Waals surface area contributed by atoms with Gasteiger partial charge < -0.3 is 19.5 Å². The van der Waals surface area contributed by atoms with Crippen molar-refractivity contribution in [1.29, 1.82) is 0 Å². The Morgan fingerprint density at radius 2 is 2.00 bits per heavy atom. The lowest BCUT2D eigenvalue weighted by molar-refractivity contribution is -0.126. The molecule has 1 saturated heterocycles. The van der Waals surface area contributed by atoms with Crippen LogP contribution in [0.15, 0.2) is 18.2 Å². The third-order valence-electron chi connectivity index (χ3n) is 5.12. The Morgan fingerprint density at radius 3 is 2.57 bits per heavy atom. The highest BCUT2D eigenvalue weighted by Gasteiger charge is 2.57. The summed E-state index contributed by atoms with van der Waals surface area (Å²) in [6, 6.07) is 6.24. The Kier molecular flexibility index (Phi) is 3.72. The van der Waals surface area contributed by atoms with Crippen molar-refractivity contribution >= 4 is 0 Å². The van der Waals surface area contributed by atoms with Gasteiger partial charge in [-0.2, -0.15) is 0 Å². The number of hydrogen-bond donors (Lipinski definition) is 1. The maximum Gasteiger partial charge on any atom is 0.119 e. The summed E-state index contributed by atoms with van der Waals surface area (Å²) in [7, 11) is 5.84. The van der Waals surface area contributed by atoms with Crippen molar-refractivity contribution in [2.45, 2.75) is 30.3 Å². The molecule has 1 N–H and O–H groups in total. The van der Waals surface area contributed by atoms with Gasteiger partial charge in [-0.3, -0.25) is 0 Å². The third kappa shape index (κ3) is 2.26. The number of fused-ring (bicyclic) bond motifs is 1. The van der Waals surface area contributed by atoms with Crippen LogP contribution in [0.4, 0.5) is 0 Å². The summed E-state index contributed by atoms with van der Waals surface area (Å²) in [5.74, 6) is 0.895.